The van der Waals surface area contributed by atoms with E-state index in [1.54, 1.807) is 0 Å². The molecule has 0 N–H and O–H groups in total. The topological polar surface area (TPSA) is 44.8 Å². The number of rotatable bonds is 2. The number of fused-ring (bicyclic) bond motifs is 1. The van der Waals surface area contributed by atoms with Crippen LogP contribution in [0, 0.1) is 11.8 Å². The summed E-state index contributed by atoms with van der Waals surface area (Å²) in [5, 5.41) is 0.131. The van der Waals surface area contributed by atoms with Gasteiger partial charge < -0.3 is 13.9 Å². The van der Waals surface area contributed by atoms with Gasteiger partial charge in [-0.05, 0) is 48.9 Å². The normalized spacial score (nSPS) is 38.2. The number of esters is 1. The van der Waals surface area contributed by atoms with E-state index in [9.17, 15) is 4.79 Å². The molecule has 0 saturated carbocycles. The second kappa shape index (κ2) is 6.32. The highest BCUT2D eigenvalue weighted by Crippen LogP contribution is 2.50. The molecule has 3 rings (SSSR count). The van der Waals surface area contributed by atoms with Crippen LogP contribution in [0.2, 0.25) is 18.1 Å². The molecule has 2 heterocycles. The van der Waals surface area contributed by atoms with Crippen LogP contribution in [0.4, 0.5) is 0 Å². The average Bonchev–Trinajstić information content (AvgIpc) is 2.74. The van der Waals surface area contributed by atoms with Gasteiger partial charge in [0.25, 0.3) is 0 Å². The minimum atomic E-state index is -1.96. The fourth-order valence-electron chi connectivity index (χ4n) is 4.21. The van der Waals surface area contributed by atoms with E-state index in [-0.39, 0.29) is 23.2 Å². The Bertz CT molecular complexity index is 627. The van der Waals surface area contributed by atoms with Crippen LogP contribution in [0.25, 0.3) is 0 Å². The predicted molar refractivity (Wildman–Crippen MR) is 105 cm³/mol. The Balaban J connectivity index is 1.90. The molecule has 0 amide bonds. The third kappa shape index (κ3) is 3.34. The van der Waals surface area contributed by atoms with Crippen molar-refractivity contribution in [1.82, 2.24) is 0 Å². The second-order valence-corrected chi connectivity index (χ2v) is 14.7. The van der Waals surface area contributed by atoms with Crippen LogP contribution in [-0.2, 0) is 18.7 Å². The van der Waals surface area contributed by atoms with Gasteiger partial charge in [-0.25, -0.2) is 4.79 Å². The zero-order chi connectivity index (χ0) is 19.5. The van der Waals surface area contributed by atoms with E-state index < -0.39 is 14.1 Å². The summed E-state index contributed by atoms with van der Waals surface area (Å²) >= 11 is 0. The quantitative estimate of drug-likeness (QED) is 0.295. The number of ether oxygens (including phenoxy) is 2. The molecular weight excluding hydrogens is 344 g/mol. The number of allylic oxidation sites excluding steroid dienone is 1. The first-order valence-corrected chi connectivity index (χ1v) is 12.7. The Morgan fingerprint density at radius 2 is 2.00 bits per heavy atom. The highest BCUT2D eigenvalue weighted by Gasteiger charge is 2.56. The first kappa shape index (κ1) is 19.8. The predicted octanol–water partition coefficient (Wildman–Crippen LogP) is 4.97. The van der Waals surface area contributed by atoms with Gasteiger partial charge in [0.2, 0.25) is 5.79 Å². The number of carbonyl (C=O) groups excluding carboxylic acids is 1. The van der Waals surface area contributed by atoms with Crippen LogP contribution in [0.3, 0.4) is 0 Å². The largest absolute Gasteiger partial charge is 0.429 e. The van der Waals surface area contributed by atoms with Crippen LogP contribution in [0.5, 0.6) is 0 Å². The molecule has 1 aliphatic carbocycles. The van der Waals surface area contributed by atoms with E-state index >= 15 is 0 Å². The third-order valence-electron chi connectivity index (χ3n) is 6.87. The van der Waals surface area contributed by atoms with Crippen molar-refractivity contribution < 1.29 is 18.7 Å². The molecule has 5 atom stereocenters. The van der Waals surface area contributed by atoms with Crippen molar-refractivity contribution in [2.75, 3.05) is 0 Å². The van der Waals surface area contributed by atoms with Gasteiger partial charge in [-0.2, -0.15) is 0 Å². The fraction of sp³-hybridized carbons (Fsp3) is 0.762. The Kier molecular flexibility index (Phi) is 4.82. The van der Waals surface area contributed by atoms with Crippen LogP contribution in [-0.4, -0.2) is 32.3 Å². The van der Waals surface area contributed by atoms with E-state index in [1.807, 2.05) is 0 Å². The summed E-state index contributed by atoms with van der Waals surface area (Å²) in [4.78, 5) is 12.0. The van der Waals surface area contributed by atoms with Crippen molar-refractivity contribution in [3.63, 3.8) is 0 Å². The Morgan fingerprint density at radius 3 is 2.54 bits per heavy atom. The molecule has 5 heteroatoms. The van der Waals surface area contributed by atoms with Crippen LogP contribution >= 0.6 is 0 Å². The highest BCUT2D eigenvalue weighted by molar-refractivity contribution is 6.74. The van der Waals surface area contributed by atoms with Gasteiger partial charge in [-0.15, -0.1) is 0 Å². The summed E-state index contributed by atoms with van der Waals surface area (Å²) in [6.45, 7) is 19.6. The van der Waals surface area contributed by atoms with Crippen molar-refractivity contribution in [2.24, 2.45) is 11.8 Å². The Morgan fingerprint density at radius 1 is 1.35 bits per heavy atom. The molecule has 1 spiro atoms. The summed E-state index contributed by atoms with van der Waals surface area (Å²) in [7, 11) is -1.96. The van der Waals surface area contributed by atoms with E-state index in [0.717, 1.165) is 12.8 Å². The van der Waals surface area contributed by atoms with Gasteiger partial charge in [-0.3, -0.25) is 0 Å². The van der Waals surface area contributed by atoms with Crippen molar-refractivity contribution in [2.45, 2.75) is 90.0 Å². The van der Waals surface area contributed by atoms with Crippen LogP contribution in [0.1, 0.15) is 53.9 Å². The summed E-state index contributed by atoms with van der Waals surface area (Å²) in [5.41, 5.74) is 1.75. The number of hydrogen-bond donors (Lipinski definition) is 0. The molecule has 146 valence electrons. The first-order chi connectivity index (χ1) is 11.9. The molecular formula is C21H34O4Si. The maximum absolute atomic E-state index is 12.0. The van der Waals surface area contributed by atoms with Gasteiger partial charge in [-0.1, -0.05) is 40.3 Å². The second-order valence-electron chi connectivity index (χ2n) is 9.99. The monoisotopic (exact) mass is 378 g/mol. The lowest BCUT2D eigenvalue weighted by Gasteiger charge is -2.51. The lowest BCUT2D eigenvalue weighted by atomic mass is 9.73. The van der Waals surface area contributed by atoms with E-state index in [2.05, 4.69) is 60.4 Å². The SMILES string of the molecule is C=C1C[C@@]2(C[C@H](C)[C@H]3CC=C(C)[C@@H](O[Si](C)(C)C(C)(C)C)[C@@H]3O2)OC1=O. The molecule has 2 saturated heterocycles. The third-order valence-corrected chi connectivity index (χ3v) is 11.3. The van der Waals surface area contributed by atoms with E-state index in [0.29, 0.717) is 23.8 Å². The van der Waals surface area contributed by atoms with Gasteiger partial charge >= 0.3 is 5.97 Å². The Hall–Kier alpha value is -0.913. The lowest BCUT2D eigenvalue weighted by molar-refractivity contribution is -0.287. The standard InChI is InChI=1S/C21H34O4Si/c1-13-9-10-16-14(2)11-21(12-15(3)19(22)24-21)23-18(16)17(13)25-26(7,8)20(4,5)6/h9,14,16-18H,3,10-12H2,1-2,4-8H3/t14-,16+,17+,18+,21+/m0/s1. The fourth-order valence-corrected chi connectivity index (χ4v) is 5.52. The van der Waals surface area contributed by atoms with E-state index in [4.69, 9.17) is 13.9 Å². The molecule has 3 aliphatic rings. The zero-order valence-corrected chi connectivity index (χ0v) is 18.3. The molecule has 0 aromatic carbocycles. The van der Waals surface area contributed by atoms with Gasteiger partial charge in [0.1, 0.15) is 0 Å². The van der Waals surface area contributed by atoms with Crippen molar-refractivity contribution >= 4 is 14.3 Å². The summed E-state index contributed by atoms with van der Waals surface area (Å²) < 4.78 is 19.0. The highest BCUT2D eigenvalue weighted by atomic mass is 28.4. The number of carbonyl (C=O) groups is 1. The molecule has 4 nitrogen and oxygen atoms in total. The molecule has 0 aromatic rings. The smallest absolute Gasteiger partial charge is 0.336 e. The van der Waals surface area contributed by atoms with Gasteiger partial charge in [0.15, 0.2) is 8.32 Å². The molecule has 2 fully saturated rings. The minimum absolute atomic E-state index is 0.0677. The lowest BCUT2D eigenvalue weighted by Crippen LogP contribution is -2.57. The molecule has 2 aliphatic heterocycles. The first-order valence-electron chi connectivity index (χ1n) is 9.79. The van der Waals surface area contributed by atoms with Gasteiger partial charge in [0.05, 0.1) is 12.2 Å². The van der Waals surface area contributed by atoms with Gasteiger partial charge in [0, 0.05) is 18.4 Å². The minimum Gasteiger partial charge on any atom is -0.429 e. The van der Waals surface area contributed by atoms with Crippen LogP contribution in [0.15, 0.2) is 23.8 Å². The summed E-state index contributed by atoms with van der Waals surface area (Å²) in [6, 6.07) is 0. The zero-order valence-electron chi connectivity index (χ0n) is 17.3. The number of hydrogen-bond acceptors (Lipinski definition) is 4. The summed E-state index contributed by atoms with van der Waals surface area (Å²) in [5.74, 6) is -0.365. The Labute approximate surface area is 159 Å². The average molecular weight is 379 g/mol. The molecule has 0 aromatic heterocycles. The maximum atomic E-state index is 12.0. The van der Waals surface area contributed by atoms with E-state index in [1.165, 1.54) is 5.57 Å². The molecule has 26 heavy (non-hydrogen) atoms. The molecule has 0 radical (unpaired) electrons. The molecule has 0 unspecified atom stereocenters. The molecule has 0 bridgehead atoms. The maximum Gasteiger partial charge on any atom is 0.336 e. The summed E-state index contributed by atoms with van der Waals surface area (Å²) in [6.07, 6.45) is 4.38. The van der Waals surface area contributed by atoms with Crippen molar-refractivity contribution in [3.05, 3.63) is 23.8 Å². The van der Waals surface area contributed by atoms with Crippen molar-refractivity contribution in [3.8, 4) is 0 Å². The van der Waals surface area contributed by atoms with Crippen LogP contribution < -0.4 is 0 Å². The van der Waals surface area contributed by atoms with Crippen molar-refractivity contribution in [1.29, 1.82) is 0 Å².